The number of halogens is 5. The van der Waals surface area contributed by atoms with Crippen LogP contribution in [0.3, 0.4) is 0 Å². The molecule has 0 aliphatic rings. The summed E-state index contributed by atoms with van der Waals surface area (Å²) >= 11 is 3.17. The predicted molar refractivity (Wildman–Crippen MR) is 72.9 cm³/mol. The van der Waals surface area contributed by atoms with E-state index in [1.807, 2.05) is 0 Å². The monoisotopic (exact) mass is 347 g/mol. The molecule has 0 aliphatic carbocycles. The van der Waals surface area contributed by atoms with Crippen molar-refractivity contribution in [3.63, 3.8) is 0 Å². The lowest BCUT2D eigenvalue weighted by Crippen LogP contribution is -2.07. The van der Waals surface area contributed by atoms with Crippen molar-refractivity contribution >= 4 is 21.6 Å². The smallest absolute Gasteiger partial charge is 0.380 e. The molecule has 20 heavy (non-hydrogen) atoms. The maximum Gasteiger partial charge on any atom is 0.416 e. The summed E-state index contributed by atoms with van der Waals surface area (Å²) in [7, 11) is 0. The zero-order chi connectivity index (χ0) is 14.8. The van der Waals surface area contributed by atoms with Crippen LogP contribution >= 0.6 is 15.9 Å². The van der Waals surface area contributed by atoms with Gasteiger partial charge in [0.15, 0.2) is 0 Å². The van der Waals surface area contributed by atoms with E-state index in [1.165, 1.54) is 12.1 Å². The number of alkyl halides is 3. The quantitative estimate of drug-likeness (QED) is 0.750. The highest BCUT2D eigenvalue weighted by atomic mass is 79.9. The second-order valence-corrected chi connectivity index (χ2v) is 4.99. The van der Waals surface area contributed by atoms with Crippen molar-refractivity contribution in [2.45, 2.75) is 12.7 Å². The second-order valence-electron chi connectivity index (χ2n) is 4.14. The van der Waals surface area contributed by atoms with E-state index in [0.717, 1.165) is 12.1 Å². The Morgan fingerprint density at radius 2 is 1.75 bits per heavy atom. The van der Waals surface area contributed by atoms with Gasteiger partial charge < -0.3 is 5.32 Å². The molecule has 1 N–H and O–H groups in total. The summed E-state index contributed by atoms with van der Waals surface area (Å²) < 4.78 is 51.8. The van der Waals surface area contributed by atoms with Gasteiger partial charge in [-0.2, -0.15) is 13.2 Å². The molecule has 0 radical (unpaired) electrons. The molecular weight excluding hydrogens is 338 g/mol. The lowest BCUT2D eigenvalue weighted by Gasteiger charge is -2.13. The van der Waals surface area contributed by atoms with E-state index >= 15 is 0 Å². The van der Waals surface area contributed by atoms with E-state index in [9.17, 15) is 17.6 Å². The van der Waals surface area contributed by atoms with Crippen molar-refractivity contribution in [1.29, 1.82) is 0 Å². The van der Waals surface area contributed by atoms with E-state index in [0.29, 0.717) is 10.0 Å². The Balaban J connectivity index is 2.19. The Morgan fingerprint density at radius 1 is 1.05 bits per heavy atom. The molecule has 0 aliphatic heterocycles. The van der Waals surface area contributed by atoms with Crippen LogP contribution in [0.5, 0.6) is 0 Å². The molecule has 0 bridgehead atoms. The number of benzene rings is 2. The molecule has 1 nitrogen and oxygen atoms in total. The molecule has 0 saturated carbocycles. The summed E-state index contributed by atoms with van der Waals surface area (Å²) in [5, 5.41) is 2.80. The van der Waals surface area contributed by atoms with E-state index in [1.54, 1.807) is 18.2 Å². The normalized spacial score (nSPS) is 11.4. The number of anilines is 1. The first kappa shape index (κ1) is 14.8. The molecule has 0 spiro atoms. The first-order valence-corrected chi connectivity index (χ1v) is 6.51. The van der Waals surface area contributed by atoms with Crippen LogP contribution in [0.2, 0.25) is 0 Å². The standard InChI is InChI=1S/C14H10BrF4N/c15-11-6-5-10(14(17,18)19)7-13(11)20-8-9-3-1-2-4-12(9)16/h1-7,20H,8H2. The summed E-state index contributed by atoms with van der Waals surface area (Å²) in [6.07, 6.45) is -4.41. The van der Waals surface area contributed by atoms with Crippen LogP contribution in [-0.4, -0.2) is 0 Å². The number of rotatable bonds is 3. The van der Waals surface area contributed by atoms with E-state index in [2.05, 4.69) is 21.2 Å². The van der Waals surface area contributed by atoms with Crippen LogP contribution < -0.4 is 5.32 Å². The SMILES string of the molecule is Fc1ccccc1CNc1cc(C(F)(F)F)ccc1Br. The summed E-state index contributed by atoms with van der Waals surface area (Å²) in [5.74, 6) is -0.400. The van der Waals surface area contributed by atoms with Gasteiger partial charge in [-0.3, -0.25) is 0 Å². The zero-order valence-corrected chi connectivity index (χ0v) is 11.7. The van der Waals surface area contributed by atoms with Gasteiger partial charge in [0.2, 0.25) is 0 Å². The van der Waals surface area contributed by atoms with E-state index in [4.69, 9.17) is 0 Å². The Labute approximate surface area is 121 Å². The topological polar surface area (TPSA) is 12.0 Å². The van der Waals surface area contributed by atoms with Gasteiger partial charge >= 0.3 is 6.18 Å². The number of nitrogens with one attached hydrogen (secondary N) is 1. The Morgan fingerprint density at radius 3 is 2.40 bits per heavy atom. The number of hydrogen-bond donors (Lipinski definition) is 1. The van der Waals surface area contributed by atoms with E-state index in [-0.39, 0.29) is 12.2 Å². The van der Waals surface area contributed by atoms with Gasteiger partial charge in [-0.25, -0.2) is 4.39 Å². The Hall–Kier alpha value is -1.56. The fourth-order valence-corrected chi connectivity index (χ4v) is 2.06. The third-order valence-corrected chi connectivity index (χ3v) is 3.41. The highest BCUT2D eigenvalue weighted by molar-refractivity contribution is 9.10. The highest BCUT2D eigenvalue weighted by Crippen LogP contribution is 2.34. The Kier molecular flexibility index (Phi) is 4.32. The van der Waals surface area contributed by atoms with Crippen molar-refractivity contribution in [2.75, 3.05) is 5.32 Å². The minimum absolute atomic E-state index is 0.104. The van der Waals surface area contributed by atoms with Crippen LogP contribution in [0.25, 0.3) is 0 Å². The molecule has 6 heteroatoms. The average Bonchev–Trinajstić information content (AvgIpc) is 2.38. The van der Waals surface area contributed by atoms with Gasteiger partial charge in [0, 0.05) is 22.3 Å². The van der Waals surface area contributed by atoms with Gasteiger partial charge in [0.05, 0.1) is 5.56 Å². The highest BCUT2D eigenvalue weighted by Gasteiger charge is 2.30. The summed E-state index contributed by atoms with van der Waals surface area (Å²) in [6.45, 7) is 0.104. The van der Waals surface area contributed by atoms with Crippen molar-refractivity contribution in [2.24, 2.45) is 0 Å². The van der Waals surface area contributed by atoms with Crippen LogP contribution in [0.4, 0.5) is 23.2 Å². The molecule has 2 aromatic carbocycles. The molecule has 0 atom stereocenters. The van der Waals surface area contributed by atoms with Gasteiger partial charge in [-0.05, 0) is 40.2 Å². The molecule has 0 fully saturated rings. The fourth-order valence-electron chi connectivity index (χ4n) is 1.67. The molecule has 0 saturated heterocycles. The van der Waals surface area contributed by atoms with Gasteiger partial charge in [0.1, 0.15) is 5.82 Å². The van der Waals surface area contributed by atoms with Crippen molar-refractivity contribution in [3.05, 3.63) is 63.9 Å². The van der Waals surface area contributed by atoms with Crippen molar-refractivity contribution in [3.8, 4) is 0 Å². The first-order chi connectivity index (χ1) is 9.38. The lowest BCUT2D eigenvalue weighted by atomic mass is 10.1. The van der Waals surface area contributed by atoms with Crippen LogP contribution in [-0.2, 0) is 12.7 Å². The molecule has 0 aromatic heterocycles. The average molecular weight is 348 g/mol. The van der Waals surface area contributed by atoms with Gasteiger partial charge in [-0.15, -0.1) is 0 Å². The molecule has 0 heterocycles. The van der Waals surface area contributed by atoms with E-state index < -0.39 is 17.6 Å². The maximum absolute atomic E-state index is 13.4. The molecule has 0 amide bonds. The zero-order valence-electron chi connectivity index (χ0n) is 10.1. The summed E-state index contributed by atoms with van der Waals surface area (Å²) in [5.41, 5.74) is -0.100. The lowest BCUT2D eigenvalue weighted by molar-refractivity contribution is -0.137. The fraction of sp³-hybridized carbons (Fsp3) is 0.143. The third-order valence-electron chi connectivity index (χ3n) is 2.72. The molecule has 0 unspecified atom stereocenters. The maximum atomic E-state index is 13.4. The van der Waals surface area contributed by atoms with Crippen LogP contribution in [0.1, 0.15) is 11.1 Å². The van der Waals surface area contributed by atoms with Crippen LogP contribution in [0, 0.1) is 5.82 Å². The van der Waals surface area contributed by atoms with Crippen molar-refractivity contribution < 1.29 is 17.6 Å². The number of hydrogen-bond acceptors (Lipinski definition) is 1. The molecule has 106 valence electrons. The first-order valence-electron chi connectivity index (χ1n) is 5.72. The summed E-state index contributed by atoms with van der Waals surface area (Å²) in [4.78, 5) is 0. The Bertz CT molecular complexity index is 610. The molecule has 2 rings (SSSR count). The predicted octanol–water partition coefficient (Wildman–Crippen LogP) is 5.22. The van der Waals surface area contributed by atoms with Gasteiger partial charge in [0.25, 0.3) is 0 Å². The second kappa shape index (κ2) is 5.83. The minimum atomic E-state index is -4.41. The van der Waals surface area contributed by atoms with Gasteiger partial charge in [-0.1, -0.05) is 18.2 Å². The minimum Gasteiger partial charge on any atom is -0.380 e. The van der Waals surface area contributed by atoms with Crippen molar-refractivity contribution in [1.82, 2.24) is 0 Å². The molecule has 2 aromatic rings. The summed E-state index contributed by atoms with van der Waals surface area (Å²) in [6, 6.07) is 9.39. The largest absolute Gasteiger partial charge is 0.416 e. The molecular formula is C14H10BrF4N. The third kappa shape index (κ3) is 3.50. The van der Waals surface area contributed by atoms with Crippen LogP contribution in [0.15, 0.2) is 46.9 Å².